The second kappa shape index (κ2) is 10.0. The molecule has 6 heteroatoms. The van der Waals surface area contributed by atoms with Gasteiger partial charge in [0.25, 0.3) is 0 Å². The minimum Gasteiger partial charge on any atom is -0.481 e. The summed E-state index contributed by atoms with van der Waals surface area (Å²) in [6.45, 7) is 9.33. The predicted molar refractivity (Wildman–Crippen MR) is 134 cm³/mol. The fourth-order valence-corrected chi connectivity index (χ4v) is 8.46. The molecule has 0 spiro atoms. The van der Waals surface area contributed by atoms with E-state index in [9.17, 15) is 14.7 Å². The average molecular weight is 475 g/mol. The van der Waals surface area contributed by atoms with Crippen molar-refractivity contribution < 1.29 is 19.4 Å². The summed E-state index contributed by atoms with van der Waals surface area (Å²) in [5.41, 5.74) is -0.941. The number of likely N-dealkylation sites (N-methyl/N-ethyl adjacent to an activating group) is 1. The van der Waals surface area contributed by atoms with E-state index >= 15 is 0 Å². The molecule has 1 saturated heterocycles. The van der Waals surface area contributed by atoms with Crippen LogP contribution >= 0.6 is 0 Å². The highest BCUT2D eigenvalue weighted by Crippen LogP contribution is 2.73. The molecule has 0 radical (unpaired) electrons. The van der Waals surface area contributed by atoms with E-state index in [2.05, 4.69) is 44.1 Å². The van der Waals surface area contributed by atoms with Gasteiger partial charge in [0.15, 0.2) is 0 Å². The number of aldehydes is 1. The highest BCUT2D eigenvalue weighted by molar-refractivity contribution is 5.89. The molecule has 0 amide bonds. The van der Waals surface area contributed by atoms with Crippen LogP contribution in [0, 0.1) is 40.4 Å². The molecule has 2 saturated carbocycles. The van der Waals surface area contributed by atoms with Crippen molar-refractivity contribution in [3.8, 4) is 0 Å². The Morgan fingerprint density at radius 2 is 2.09 bits per heavy atom. The van der Waals surface area contributed by atoms with Crippen molar-refractivity contribution >= 4 is 12.3 Å². The van der Waals surface area contributed by atoms with Crippen LogP contribution in [-0.4, -0.2) is 68.2 Å². The number of aliphatic carboxylic acids is 1. The van der Waals surface area contributed by atoms with Gasteiger partial charge in [0.2, 0.25) is 0 Å². The summed E-state index contributed by atoms with van der Waals surface area (Å²) in [4.78, 5) is 28.8. The van der Waals surface area contributed by atoms with Gasteiger partial charge >= 0.3 is 5.97 Å². The third-order valence-corrected chi connectivity index (χ3v) is 9.73. The van der Waals surface area contributed by atoms with Crippen LogP contribution < -0.4 is 5.32 Å². The fraction of sp³-hybridized carbons (Fsp3) is 0.857. The van der Waals surface area contributed by atoms with Gasteiger partial charge in [-0.25, -0.2) is 0 Å². The SMILES string of the molecule is CNCCCN(C)CC1CCC(C2C3C=C(C(C)C)C2(C(=O)O)C(C=O)([C@@H]2CC[C@@H](C)C2)C3)O1. The summed E-state index contributed by atoms with van der Waals surface area (Å²) in [7, 11) is 4.12. The van der Waals surface area contributed by atoms with Crippen LogP contribution in [0.2, 0.25) is 0 Å². The summed E-state index contributed by atoms with van der Waals surface area (Å²) in [6.07, 6.45) is 10.0. The number of nitrogens with one attached hydrogen (secondary N) is 1. The zero-order valence-electron chi connectivity index (χ0n) is 21.9. The lowest BCUT2D eigenvalue weighted by Gasteiger charge is -2.49. The molecule has 1 heterocycles. The first-order valence-corrected chi connectivity index (χ1v) is 13.6. The quantitative estimate of drug-likeness (QED) is 0.268. The Bertz CT molecular complexity index is 797. The summed E-state index contributed by atoms with van der Waals surface area (Å²) in [5, 5.41) is 14.2. The molecule has 2 bridgehead atoms. The molecule has 8 atom stereocenters. The lowest BCUT2D eigenvalue weighted by molar-refractivity contribution is -0.166. The monoisotopic (exact) mass is 474 g/mol. The van der Waals surface area contributed by atoms with Crippen LogP contribution in [0.15, 0.2) is 11.6 Å². The molecule has 6 unspecified atom stereocenters. The summed E-state index contributed by atoms with van der Waals surface area (Å²) in [5.74, 6) is 0.0107. The molecule has 6 nitrogen and oxygen atoms in total. The topological polar surface area (TPSA) is 78.9 Å². The predicted octanol–water partition coefficient (Wildman–Crippen LogP) is 4.00. The maximum Gasteiger partial charge on any atom is 0.315 e. The van der Waals surface area contributed by atoms with E-state index in [4.69, 9.17) is 4.74 Å². The van der Waals surface area contributed by atoms with E-state index in [1.54, 1.807) is 0 Å². The number of carboxylic acid groups (broad SMARTS) is 1. The Kier molecular flexibility index (Phi) is 7.62. The Morgan fingerprint density at radius 1 is 1.32 bits per heavy atom. The van der Waals surface area contributed by atoms with Gasteiger partial charge in [-0.1, -0.05) is 38.8 Å². The van der Waals surface area contributed by atoms with E-state index in [0.29, 0.717) is 12.3 Å². The third kappa shape index (κ3) is 3.98. The molecule has 0 aromatic carbocycles. The smallest absolute Gasteiger partial charge is 0.315 e. The normalized spacial score (nSPS) is 41.6. The third-order valence-electron chi connectivity index (χ3n) is 9.73. The van der Waals surface area contributed by atoms with Crippen LogP contribution in [0.4, 0.5) is 0 Å². The summed E-state index contributed by atoms with van der Waals surface area (Å²) in [6, 6.07) is 0. The number of fused-ring (bicyclic) bond motifs is 2. The fourth-order valence-electron chi connectivity index (χ4n) is 8.46. The Labute approximate surface area is 205 Å². The van der Waals surface area contributed by atoms with Crippen molar-refractivity contribution in [2.24, 2.45) is 40.4 Å². The zero-order valence-corrected chi connectivity index (χ0v) is 21.9. The van der Waals surface area contributed by atoms with Crippen LogP contribution in [0.1, 0.15) is 65.7 Å². The number of carbonyl (C=O) groups excluding carboxylic acids is 1. The molecular weight excluding hydrogens is 428 g/mol. The minimum absolute atomic E-state index is 0.0926. The number of carbonyl (C=O) groups is 2. The number of hydrogen-bond donors (Lipinski definition) is 2. The maximum absolute atomic E-state index is 13.4. The van der Waals surface area contributed by atoms with E-state index in [-0.39, 0.29) is 35.9 Å². The molecule has 0 aromatic rings. The van der Waals surface area contributed by atoms with Gasteiger partial charge in [0.1, 0.15) is 11.7 Å². The van der Waals surface area contributed by atoms with E-state index in [1.165, 1.54) is 0 Å². The minimum atomic E-state index is -1.12. The van der Waals surface area contributed by atoms with Gasteiger partial charge in [-0.2, -0.15) is 0 Å². The molecule has 192 valence electrons. The van der Waals surface area contributed by atoms with Crippen molar-refractivity contribution in [3.63, 3.8) is 0 Å². The van der Waals surface area contributed by atoms with Crippen molar-refractivity contribution in [3.05, 3.63) is 11.6 Å². The van der Waals surface area contributed by atoms with Crippen LogP contribution in [0.5, 0.6) is 0 Å². The lowest BCUT2D eigenvalue weighted by atomic mass is 9.52. The van der Waals surface area contributed by atoms with Crippen molar-refractivity contribution in [1.29, 1.82) is 0 Å². The molecule has 4 aliphatic rings. The highest BCUT2D eigenvalue weighted by atomic mass is 16.5. The summed E-state index contributed by atoms with van der Waals surface area (Å²) >= 11 is 0. The lowest BCUT2D eigenvalue weighted by Crippen LogP contribution is -2.55. The first-order chi connectivity index (χ1) is 16.2. The van der Waals surface area contributed by atoms with Gasteiger partial charge in [0.05, 0.1) is 12.2 Å². The zero-order chi connectivity index (χ0) is 24.7. The van der Waals surface area contributed by atoms with Gasteiger partial charge in [-0.15, -0.1) is 0 Å². The maximum atomic E-state index is 13.4. The molecule has 3 fully saturated rings. The Balaban J connectivity index is 1.61. The average Bonchev–Trinajstić information content (AvgIpc) is 3.54. The van der Waals surface area contributed by atoms with E-state index in [1.807, 2.05) is 7.05 Å². The Morgan fingerprint density at radius 3 is 2.68 bits per heavy atom. The van der Waals surface area contributed by atoms with Crippen LogP contribution in [0.3, 0.4) is 0 Å². The molecule has 34 heavy (non-hydrogen) atoms. The Hall–Kier alpha value is -1.24. The van der Waals surface area contributed by atoms with E-state index in [0.717, 1.165) is 70.0 Å². The highest BCUT2D eigenvalue weighted by Gasteiger charge is 2.76. The molecule has 1 aliphatic heterocycles. The molecule has 0 aromatic heterocycles. The van der Waals surface area contributed by atoms with Crippen LogP contribution in [0.25, 0.3) is 0 Å². The number of rotatable bonds is 11. The first kappa shape index (κ1) is 25.8. The van der Waals surface area contributed by atoms with Gasteiger partial charge in [-0.3, -0.25) is 4.79 Å². The number of hydrogen-bond acceptors (Lipinski definition) is 5. The molecular formula is C28H46N2O4. The largest absolute Gasteiger partial charge is 0.481 e. The van der Waals surface area contributed by atoms with E-state index < -0.39 is 16.8 Å². The van der Waals surface area contributed by atoms with Crippen LogP contribution in [-0.2, 0) is 14.3 Å². The van der Waals surface area contributed by atoms with Crippen molar-refractivity contribution in [1.82, 2.24) is 10.2 Å². The van der Waals surface area contributed by atoms with Gasteiger partial charge in [0, 0.05) is 17.9 Å². The van der Waals surface area contributed by atoms with Crippen molar-refractivity contribution in [2.75, 3.05) is 33.7 Å². The standard InChI is InChI=1S/C28H46N2O4/c1-18(2)23-14-20-15-27(17-31,21-8-7-19(3)13-21)28(23,26(32)33)25(20)24-10-9-22(34-24)16-30(5)12-6-11-29-4/h14,17-22,24-25,29H,6-13,15-16H2,1-5H3,(H,32,33)/t19-,20?,21-,22?,24?,25?,27?,28?/m1/s1. The number of carboxylic acids is 1. The van der Waals surface area contributed by atoms with Gasteiger partial charge < -0.3 is 24.9 Å². The second-order valence-electron chi connectivity index (χ2n) is 12.2. The summed E-state index contributed by atoms with van der Waals surface area (Å²) < 4.78 is 6.66. The number of allylic oxidation sites excluding steroid dienone is 1. The number of ether oxygens (including phenoxy) is 1. The molecule has 2 N–H and O–H groups in total. The number of nitrogens with zero attached hydrogens (tertiary/aromatic N) is 1. The first-order valence-electron chi connectivity index (χ1n) is 13.6. The molecule has 4 rings (SSSR count). The van der Waals surface area contributed by atoms with Gasteiger partial charge in [-0.05, 0) is 89.4 Å². The van der Waals surface area contributed by atoms with Crippen molar-refractivity contribution in [2.45, 2.75) is 77.9 Å². The molecule has 3 aliphatic carbocycles. The second-order valence-corrected chi connectivity index (χ2v) is 12.2.